The van der Waals surface area contributed by atoms with Crippen LogP contribution in [0.5, 0.6) is 0 Å². The summed E-state index contributed by atoms with van der Waals surface area (Å²) < 4.78 is 37.5. The van der Waals surface area contributed by atoms with Crippen LogP contribution in [0.3, 0.4) is 0 Å². The van der Waals surface area contributed by atoms with Crippen LogP contribution >= 0.6 is 0 Å². The van der Waals surface area contributed by atoms with Gasteiger partial charge in [0.1, 0.15) is 0 Å². The minimum atomic E-state index is -4.30. The van der Waals surface area contributed by atoms with Crippen molar-refractivity contribution in [3.8, 4) is 0 Å². The van der Waals surface area contributed by atoms with Gasteiger partial charge in [0.25, 0.3) is 0 Å². The molecule has 3 nitrogen and oxygen atoms in total. The van der Waals surface area contributed by atoms with Crippen molar-refractivity contribution in [1.29, 1.82) is 0 Å². The molecule has 1 radical (unpaired) electrons. The molecule has 0 bridgehead atoms. The Morgan fingerprint density at radius 2 is 1.86 bits per heavy atom. The fourth-order valence-electron chi connectivity index (χ4n) is 3.07. The van der Waals surface area contributed by atoms with Gasteiger partial charge < -0.3 is 10.1 Å². The van der Waals surface area contributed by atoms with Gasteiger partial charge in [-0.2, -0.15) is 13.2 Å². The van der Waals surface area contributed by atoms with Gasteiger partial charge in [-0.1, -0.05) is 36.3 Å². The summed E-state index contributed by atoms with van der Waals surface area (Å²) >= 11 is 0. The molecule has 0 spiro atoms. The van der Waals surface area contributed by atoms with Gasteiger partial charge in [-0.05, 0) is 31.0 Å². The van der Waals surface area contributed by atoms with Crippen molar-refractivity contribution in [1.82, 2.24) is 10.1 Å². The van der Waals surface area contributed by atoms with Crippen molar-refractivity contribution in [2.75, 3.05) is 13.1 Å². The number of hydrogen-bond donors (Lipinski definition) is 1. The average Bonchev–Trinajstić information content (AvgIpc) is 2.92. The van der Waals surface area contributed by atoms with E-state index in [1.807, 2.05) is 7.41 Å². The Morgan fingerprint density at radius 3 is 2.36 bits per heavy atom. The monoisotopic (exact) mass is 307 g/mol. The van der Waals surface area contributed by atoms with Gasteiger partial charge in [-0.25, -0.2) is 0 Å². The number of halogens is 3. The van der Waals surface area contributed by atoms with E-state index in [1.54, 1.807) is 0 Å². The van der Waals surface area contributed by atoms with Crippen molar-refractivity contribution in [3.05, 3.63) is 42.5 Å². The van der Waals surface area contributed by atoms with Crippen LogP contribution in [0.1, 0.15) is 5.56 Å². The number of nitrogens with zero attached hydrogens (tertiary/aromatic N) is 1. The zero-order valence-electron chi connectivity index (χ0n) is 11.8. The predicted octanol–water partition coefficient (Wildman–Crippen LogP) is 1.18. The van der Waals surface area contributed by atoms with Crippen molar-refractivity contribution >= 4 is 18.8 Å². The second-order valence-electron chi connectivity index (χ2n) is 5.77. The fourth-order valence-corrected chi connectivity index (χ4v) is 3.07. The summed E-state index contributed by atoms with van der Waals surface area (Å²) in [5.74, 6) is 0.696. The number of alkyl halides is 3. The first kappa shape index (κ1) is 15.2. The van der Waals surface area contributed by atoms with Crippen molar-refractivity contribution in [2.45, 2.75) is 12.2 Å². The fraction of sp³-hybridized carbons (Fsp3) is 0.400. The molecule has 2 fully saturated rings. The van der Waals surface area contributed by atoms with Crippen molar-refractivity contribution < 1.29 is 18.0 Å². The molecule has 115 valence electrons. The maximum Gasteiger partial charge on any atom is 0.416 e. The molecule has 0 aromatic heterocycles. The number of benzene rings is 1. The minimum Gasteiger partial charge on any atom is -0.349 e. The zero-order valence-corrected chi connectivity index (χ0v) is 11.8. The number of piperidine rings is 1. The third kappa shape index (κ3) is 3.04. The maximum absolute atomic E-state index is 12.5. The molecule has 2 aliphatic rings. The molecular formula is C15H15BF3N2O. The van der Waals surface area contributed by atoms with Crippen LogP contribution in [0.15, 0.2) is 36.9 Å². The summed E-state index contributed by atoms with van der Waals surface area (Å²) in [6, 6.07) is 5.35. The van der Waals surface area contributed by atoms with Gasteiger partial charge in [-0.15, -0.1) is 0 Å². The number of nitrogens with one attached hydrogen (secondary N) is 1. The molecule has 22 heavy (non-hydrogen) atoms. The van der Waals surface area contributed by atoms with Crippen LogP contribution in [0, 0.1) is 11.8 Å². The minimum absolute atomic E-state index is 0.155. The first-order chi connectivity index (χ1) is 10.4. The van der Waals surface area contributed by atoms with Crippen molar-refractivity contribution in [3.63, 3.8) is 0 Å². The summed E-state index contributed by atoms with van der Waals surface area (Å²) in [4.78, 5) is 13.3. The molecule has 1 aliphatic carbocycles. The largest absolute Gasteiger partial charge is 0.416 e. The van der Waals surface area contributed by atoms with E-state index in [2.05, 4.69) is 16.7 Å². The Labute approximate surface area is 127 Å². The molecule has 1 N–H and O–H groups in total. The summed E-state index contributed by atoms with van der Waals surface area (Å²) in [6.07, 6.45) is -3.04. The lowest BCUT2D eigenvalue weighted by atomic mass is 9.80. The number of fused-ring (bicyclic) bond motifs is 1. The average molecular weight is 307 g/mol. The van der Waals surface area contributed by atoms with E-state index in [1.165, 1.54) is 18.2 Å². The Kier molecular flexibility index (Phi) is 3.76. The molecule has 1 amide bonds. The molecule has 1 saturated heterocycles. The molecule has 1 aromatic carbocycles. The Balaban J connectivity index is 1.51. The number of amides is 1. The lowest BCUT2D eigenvalue weighted by Gasteiger charge is -2.19. The van der Waals surface area contributed by atoms with Crippen LogP contribution in [-0.2, 0) is 11.0 Å². The highest BCUT2D eigenvalue weighted by Gasteiger charge is 2.55. The van der Waals surface area contributed by atoms with Crippen LogP contribution in [0.4, 0.5) is 13.2 Å². The third-order valence-corrected chi connectivity index (χ3v) is 4.29. The summed E-state index contributed by atoms with van der Waals surface area (Å²) in [6.45, 7) is 5.05. The molecular weight excluding hydrogens is 292 g/mol. The van der Waals surface area contributed by atoms with Crippen LogP contribution in [-0.4, -0.2) is 37.3 Å². The molecule has 7 heteroatoms. The summed E-state index contributed by atoms with van der Waals surface area (Å²) in [5, 5.41) is 2.89. The Bertz CT molecular complexity index is 575. The van der Waals surface area contributed by atoms with Gasteiger partial charge >= 0.3 is 6.18 Å². The molecule has 1 unspecified atom stereocenters. The van der Waals surface area contributed by atoms with Gasteiger partial charge in [0.05, 0.1) is 5.56 Å². The smallest absolute Gasteiger partial charge is 0.349 e. The normalized spacial score (nSPS) is 27.1. The molecule has 1 aromatic rings. The van der Waals surface area contributed by atoms with E-state index < -0.39 is 11.7 Å². The van der Waals surface area contributed by atoms with Crippen LogP contribution in [0.2, 0.25) is 0 Å². The Morgan fingerprint density at radius 1 is 1.27 bits per heavy atom. The molecule has 3 atom stereocenters. The second-order valence-corrected chi connectivity index (χ2v) is 5.77. The zero-order chi connectivity index (χ0) is 15.9. The van der Waals surface area contributed by atoms with Crippen LogP contribution in [0.25, 0.3) is 0 Å². The summed E-state index contributed by atoms with van der Waals surface area (Å²) in [7, 11) is 1.87. The van der Waals surface area contributed by atoms with Gasteiger partial charge in [0.2, 0.25) is 13.3 Å². The van der Waals surface area contributed by atoms with Gasteiger partial charge in [-0.3, -0.25) is 4.79 Å². The van der Waals surface area contributed by atoms with E-state index in [-0.39, 0.29) is 11.9 Å². The topological polar surface area (TPSA) is 32.3 Å². The molecule has 3 rings (SSSR count). The summed E-state index contributed by atoms with van der Waals surface area (Å²) in [5.41, 5.74) is 0.113. The van der Waals surface area contributed by atoms with E-state index in [0.29, 0.717) is 11.8 Å². The quantitative estimate of drug-likeness (QED) is 0.669. The number of carbonyl (C=O) groups excluding carboxylic acids is 1. The lowest BCUT2D eigenvalue weighted by molar-refractivity contribution is -0.137. The highest BCUT2D eigenvalue weighted by Crippen LogP contribution is 2.45. The van der Waals surface area contributed by atoms with Crippen molar-refractivity contribution in [2.24, 2.45) is 11.8 Å². The van der Waals surface area contributed by atoms with E-state index in [4.69, 9.17) is 0 Å². The lowest BCUT2D eigenvalue weighted by Crippen LogP contribution is -2.39. The SMILES string of the molecule is C=CC(=O)NC1[C@H]2CN([B]c3ccc(C(F)(F)F)cc3)C[C@@H]12. The predicted molar refractivity (Wildman–Crippen MR) is 77.5 cm³/mol. The highest BCUT2D eigenvalue weighted by atomic mass is 19.4. The first-order valence-corrected chi connectivity index (χ1v) is 7.07. The third-order valence-electron chi connectivity index (χ3n) is 4.29. The van der Waals surface area contributed by atoms with Gasteiger partial charge in [0, 0.05) is 6.04 Å². The molecule has 1 saturated carbocycles. The molecule has 1 heterocycles. The van der Waals surface area contributed by atoms with Crippen LogP contribution < -0.4 is 10.8 Å². The Hall–Kier alpha value is -1.76. The highest BCUT2D eigenvalue weighted by molar-refractivity contribution is 6.50. The van der Waals surface area contributed by atoms with E-state index >= 15 is 0 Å². The second kappa shape index (κ2) is 5.46. The number of rotatable bonds is 4. The first-order valence-electron chi connectivity index (χ1n) is 7.07. The standard InChI is InChI=1S/C15H15BF3N2O/c1-2-13(22)20-14-11-7-21(8-12(11)14)16-10-5-3-9(4-6-10)15(17,18)19/h2-6,11-12,14H,1,7-8H2,(H,20,22)/t11-,12+,14?. The number of hydrogen-bond acceptors (Lipinski definition) is 2. The number of carbonyl (C=O) groups is 1. The van der Waals surface area contributed by atoms with Gasteiger partial charge in [0.15, 0.2) is 0 Å². The molecule has 1 aliphatic heterocycles. The van der Waals surface area contributed by atoms with E-state index in [0.717, 1.165) is 30.7 Å². The maximum atomic E-state index is 12.5. The van der Waals surface area contributed by atoms with E-state index in [9.17, 15) is 18.0 Å².